The molecule has 2 rings (SSSR count). The van der Waals surface area contributed by atoms with Crippen LogP contribution in [-0.4, -0.2) is 42.9 Å². The highest BCUT2D eigenvalue weighted by Crippen LogP contribution is 2.15. The third-order valence-corrected chi connectivity index (χ3v) is 3.89. The number of likely N-dealkylation sites (N-methyl/N-ethyl adjacent to an activating group) is 1. The highest BCUT2D eigenvalue weighted by Gasteiger charge is 2.16. The van der Waals surface area contributed by atoms with Gasteiger partial charge in [0.15, 0.2) is 0 Å². The summed E-state index contributed by atoms with van der Waals surface area (Å²) in [6, 6.07) is 17.7. The Morgan fingerprint density at radius 3 is 2.36 bits per heavy atom. The number of hydrogen-bond donors (Lipinski definition) is 0. The summed E-state index contributed by atoms with van der Waals surface area (Å²) in [4.78, 5) is 16.8. The van der Waals surface area contributed by atoms with Gasteiger partial charge in [-0.15, -0.1) is 0 Å². The van der Waals surface area contributed by atoms with Crippen molar-refractivity contribution in [3.05, 3.63) is 70.2 Å². The molecule has 4 heteroatoms. The van der Waals surface area contributed by atoms with Gasteiger partial charge in [0.05, 0.1) is 0 Å². The second-order valence-electron chi connectivity index (χ2n) is 5.53. The van der Waals surface area contributed by atoms with E-state index in [1.54, 1.807) is 0 Å². The molecule has 0 radical (unpaired) electrons. The van der Waals surface area contributed by atoms with Crippen LogP contribution < -0.4 is 0 Å². The number of carbonyl (C=O) groups excluding carboxylic acids is 1. The topological polar surface area (TPSA) is 23.6 Å². The SMILES string of the molecule is CN(C)CCN(Cc1ccccc1)C(=O)c1cccc(Br)c1. The van der Waals surface area contributed by atoms with Crippen LogP contribution in [0, 0.1) is 0 Å². The number of benzene rings is 2. The summed E-state index contributed by atoms with van der Waals surface area (Å²) in [5.41, 5.74) is 1.86. The molecular formula is C18H21BrN2O. The van der Waals surface area contributed by atoms with E-state index in [1.807, 2.05) is 61.5 Å². The van der Waals surface area contributed by atoms with Crippen molar-refractivity contribution in [3.8, 4) is 0 Å². The fourth-order valence-corrected chi connectivity index (χ4v) is 2.58. The highest BCUT2D eigenvalue weighted by molar-refractivity contribution is 9.10. The first-order chi connectivity index (χ1) is 10.6. The zero-order valence-corrected chi connectivity index (χ0v) is 14.6. The molecule has 22 heavy (non-hydrogen) atoms. The number of amides is 1. The maximum Gasteiger partial charge on any atom is 0.254 e. The fraction of sp³-hybridized carbons (Fsp3) is 0.278. The maximum atomic E-state index is 12.8. The van der Waals surface area contributed by atoms with E-state index in [2.05, 4.69) is 33.0 Å². The van der Waals surface area contributed by atoms with Gasteiger partial charge >= 0.3 is 0 Å². The molecular weight excluding hydrogens is 340 g/mol. The van der Waals surface area contributed by atoms with Crippen molar-refractivity contribution < 1.29 is 4.79 Å². The summed E-state index contributed by atoms with van der Waals surface area (Å²) < 4.78 is 0.922. The van der Waals surface area contributed by atoms with Crippen LogP contribution >= 0.6 is 15.9 Å². The number of nitrogens with zero attached hydrogens (tertiary/aromatic N) is 2. The summed E-state index contributed by atoms with van der Waals surface area (Å²) in [6.45, 7) is 2.17. The standard InChI is InChI=1S/C18H21BrN2O/c1-20(2)11-12-21(14-15-7-4-3-5-8-15)18(22)16-9-6-10-17(19)13-16/h3-10,13H,11-12,14H2,1-2H3. The van der Waals surface area contributed by atoms with Crippen molar-refractivity contribution in [1.82, 2.24) is 9.80 Å². The Hall–Kier alpha value is -1.65. The van der Waals surface area contributed by atoms with Gasteiger partial charge in [0.25, 0.3) is 5.91 Å². The van der Waals surface area contributed by atoms with Gasteiger partial charge in [-0.05, 0) is 37.9 Å². The Balaban J connectivity index is 2.17. The Bertz CT molecular complexity index is 613. The monoisotopic (exact) mass is 360 g/mol. The van der Waals surface area contributed by atoms with E-state index in [0.29, 0.717) is 18.7 Å². The van der Waals surface area contributed by atoms with Crippen molar-refractivity contribution in [2.75, 3.05) is 27.2 Å². The number of carbonyl (C=O) groups is 1. The summed E-state index contributed by atoms with van der Waals surface area (Å²) in [7, 11) is 4.04. The minimum atomic E-state index is 0.0620. The molecule has 2 aromatic rings. The van der Waals surface area contributed by atoms with Crippen LogP contribution in [-0.2, 0) is 6.54 Å². The minimum absolute atomic E-state index is 0.0620. The van der Waals surface area contributed by atoms with Gasteiger partial charge in [-0.2, -0.15) is 0 Å². The molecule has 0 aromatic heterocycles. The molecule has 0 heterocycles. The van der Waals surface area contributed by atoms with Crippen LogP contribution in [0.15, 0.2) is 59.1 Å². The Morgan fingerprint density at radius 2 is 1.73 bits per heavy atom. The van der Waals surface area contributed by atoms with Crippen molar-refractivity contribution >= 4 is 21.8 Å². The maximum absolute atomic E-state index is 12.8. The molecule has 0 fully saturated rings. The predicted octanol–water partition coefficient (Wildman–Crippen LogP) is 3.65. The van der Waals surface area contributed by atoms with Gasteiger partial charge in [0.2, 0.25) is 0 Å². The Labute approximate surface area is 140 Å². The summed E-state index contributed by atoms with van der Waals surface area (Å²) >= 11 is 3.43. The van der Waals surface area contributed by atoms with Crippen molar-refractivity contribution in [2.24, 2.45) is 0 Å². The van der Waals surface area contributed by atoms with Crippen LogP contribution in [0.3, 0.4) is 0 Å². The molecule has 0 aliphatic heterocycles. The normalized spacial score (nSPS) is 10.7. The first kappa shape index (κ1) is 16.7. The lowest BCUT2D eigenvalue weighted by molar-refractivity contribution is 0.0732. The third kappa shape index (κ3) is 4.97. The first-order valence-electron chi connectivity index (χ1n) is 7.30. The average Bonchev–Trinajstić information content (AvgIpc) is 2.51. The molecule has 0 aliphatic carbocycles. The lowest BCUT2D eigenvalue weighted by Crippen LogP contribution is -2.36. The van der Waals surface area contributed by atoms with Crippen LogP contribution in [0.2, 0.25) is 0 Å². The summed E-state index contributed by atoms with van der Waals surface area (Å²) in [5, 5.41) is 0. The largest absolute Gasteiger partial charge is 0.333 e. The van der Waals surface area contributed by atoms with E-state index in [1.165, 1.54) is 0 Å². The van der Waals surface area contributed by atoms with Gasteiger partial charge in [0.1, 0.15) is 0 Å². The van der Waals surface area contributed by atoms with Crippen LogP contribution in [0.4, 0.5) is 0 Å². The summed E-state index contributed by atoms with van der Waals surface area (Å²) in [5.74, 6) is 0.0620. The molecule has 2 aromatic carbocycles. The molecule has 3 nitrogen and oxygen atoms in total. The predicted molar refractivity (Wildman–Crippen MR) is 93.9 cm³/mol. The summed E-state index contributed by atoms with van der Waals surface area (Å²) in [6.07, 6.45) is 0. The zero-order valence-electron chi connectivity index (χ0n) is 13.0. The number of hydrogen-bond acceptors (Lipinski definition) is 2. The molecule has 0 atom stereocenters. The Kier molecular flexibility index (Phi) is 6.16. The Morgan fingerprint density at radius 1 is 1.00 bits per heavy atom. The second kappa shape index (κ2) is 8.11. The lowest BCUT2D eigenvalue weighted by atomic mass is 10.1. The van der Waals surface area contributed by atoms with Gasteiger partial charge in [-0.3, -0.25) is 4.79 Å². The molecule has 0 aliphatic rings. The number of halogens is 1. The molecule has 0 unspecified atom stereocenters. The third-order valence-electron chi connectivity index (χ3n) is 3.39. The van der Waals surface area contributed by atoms with Crippen molar-refractivity contribution in [3.63, 3.8) is 0 Å². The van der Waals surface area contributed by atoms with E-state index < -0.39 is 0 Å². The molecule has 1 amide bonds. The van der Waals surface area contributed by atoms with E-state index in [4.69, 9.17) is 0 Å². The molecule has 0 bridgehead atoms. The quantitative estimate of drug-likeness (QED) is 0.784. The van der Waals surface area contributed by atoms with Gasteiger partial charge < -0.3 is 9.80 Å². The second-order valence-corrected chi connectivity index (χ2v) is 6.44. The van der Waals surface area contributed by atoms with Crippen molar-refractivity contribution in [2.45, 2.75) is 6.54 Å². The van der Waals surface area contributed by atoms with Gasteiger partial charge in [-0.1, -0.05) is 52.3 Å². The van der Waals surface area contributed by atoms with E-state index >= 15 is 0 Å². The molecule has 116 valence electrons. The van der Waals surface area contributed by atoms with E-state index in [-0.39, 0.29) is 5.91 Å². The zero-order chi connectivity index (χ0) is 15.9. The first-order valence-corrected chi connectivity index (χ1v) is 8.09. The smallest absolute Gasteiger partial charge is 0.254 e. The van der Waals surface area contributed by atoms with E-state index in [9.17, 15) is 4.79 Å². The fourth-order valence-electron chi connectivity index (χ4n) is 2.18. The van der Waals surface area contributed by atoms with Crippen LogP contribution in [0.5, 0.6) is 0 Å². The molecule has 0 saturated heterocycles. The molecule has 0 spiro atoms. The van der Waals surface area contributed by atoms with Crippen LogP contribution in [0.25, 0.3) is 0 Å². The van der Waals surface area contributed by atoms with E-state index in [0.717, 1.165) is 16.6 Å². The molecule has 0 N–H and O–H groups in total. The van der Waals surface area contributed by atoms with Gasteiger partial charge in [0, 0.05) is 29.7 Å². The van der Waals surface area contributed by atoms with Gasteiger partial charge in [-0.25, -0.2) is 0 Å². The minimum Gasteiger partial charge on any atom is -0.333 e. The highest BCUT2D eigenvalue weighted by atomic mass is 79.9. The number of rotatable bonds is 6. The lowest BCUT2D eigenvalue weighted by Gasteiger charge is -2.25. The molecule has 0 saturated carbocycles. The van der Waals surface area contributed by atoms with Crippen LogP contribution in [0.1, 0.15) is 15.9 Å². The average molecular weight is 361 g/mol. The van der Waals surface area contributed by atoms with Crippen molar-refractivity contribution in [1.29, 1.82) is 0 Å².